The molecular formula is C43H39NO11. The van der Waals surface area contributed by atoms with Crippen molar-refractivity contribution in [3.8, 4) is 34.3 Å². The number of aromatic hydroxyl groups is 1. The van der Waals surface area contributed by atoms with E-state index in [0.717, 1.165) is 11.1 Å². The molecule has 0 bridgehead atoms. The van der Waals surface area contributed by atoms with Gasteiger partial charge in [0.2, 0.25) is 0 Å². The number of para-hydroxylation sites is 2. The van der Waals surface area contributed by atoms with Crippen molar-refractivity contribution in [2.75, 3.05) is 12.4 Å². The molecule has 6 aromatic rings. The smallest absolute Gasteiger partial charge is 0.256 e. The quantitative estimate of drug-likeness (QED) is 0.109. The van der Waals surface area contributed by atoms with Crippen LogP contribution in [-0.2, 0) is 29.2 Å². The lowest BCUT2D eigenvalue weighted by Gasteiger charge is -2.40. The van der Waals surface area contributed by atoms with Crippen LogP contribution >= 0.6 is 0 Å². The van der Waals surface area contributed by atoms with Gasteiger partial charge in [-0.25, -0.2) is 0 Å². The number of phenols is 1. The molecule has 2 heterocycles. The number of aliphatic hydroxyl groups excluding tert-OH is 3. The van der Waals surface area contributed by atoms with Gasteiger partial charge >= 0.3 is 0 Å². The van der Waals surface area contributed by atoms with E-state index in [2.05, 4.69) is 5.32 Å². The maximum Gasteiger partial charge on any atom is 0.256 e. The summed E-state index contributed by atoms with van der Waals surface area (Å²) in [6, 6.07) is 35.3. The molecule has 1 aliphatic rings. The number of fused-ring (bicyclic) bond motifs is 1. The Balaban J connectivity index is 1.20. The van der Waals surface area contributed by atoms with Crippen LogP contribution in [-0.4, -0.2) is 64.0 Å². The van der Waals surface area contributed by atoms with Crippen LogP contribution in [0.2, 0.25) is 0 Å². The number of hydrogen-bond acceptors (Lipinski definition) is 11. The van der Waals surface area contributed by atoms with E-state index in [1.807, 2.05) is 60.7 Å². The number of amides is 1. The molecule has 1 aromatic heterocycles. The third-order valence-corrected chi connectivity index (χ3v) is 9.39. The van der Waals surface area contributed by atoms with E-state index >= 15 is 0 Å². The first-order chi connectivity index (χ1) is 26.7. The van der Waals surface area contributed by atoms with Gasteiger partial charge in [0.25, 0.3) is 5.91 Å². The van der Waals surface area contributed by atoms with Crippen molar-refractivity contribution < 1.29 is 48.6 Å². The molecule has 1 saturated heterocycles. The Labute approximate surface area is 315 Å². The molecule has 0 aliphatic carbocycles. The highest BCUT2D eigenvalue weighted by atomic mass is 16.5. The van der Waals surface area contributed by atoms with Gasteiger partial charge in [-0.3, -0.25) is 9.59 Å². The lowest BCUT2D eigenvalue weighted by atomic mass is 9.90. The van der Waals surface area contributed by atoms with Crippen molar-refractivity contribution in [1.82, 2.24) is 0 Å². The molecular weight excluding hydrogens is 706 g/mol. The zero-order chi connectivity index (χ0) is 38.5. The first-order valence-electron chi connectivity index (χ1n) is 17.6. The van der Waals surface area contributed by atoms with E-state index in [-0.39, 0.29) is 41.1 Å². The number of carbonyl (C=O) groups excluding carboxylic acids is 1. The van der Waals surface area contributed by atoms with Gasteiger partial charge in [-0.15, -0.1) is 0 Å². The molecule has 282 valence electrons. The molecule has 5 unspecified atom stereocenters. The van der Waals surface area contributed by atoms with Gasteiger partial charge in [0.1, 0.15) is 59.8 Å². The monoisotopic (exact) mass is 745 g/mol. The van der Waals surface area contributed by atoms with Crippen LogP contribution in [0.15, 0.2) is 131 Å². The van der Waals surface area contributed by atoms with Gasteiger partial charge < -0.3 is 49.1 Å². The summed E-state index contributed by atoms with van der Waals surface area (Å²) in [7, 11) is 1.44. The van der Waals surface area contributed by atoms with Crippen LogP contribution in [0.25, 0.3) is 22.3 Å². The second kappa shape index (κ2) is 16.5. The number of phenolic OH excluding ortho intramolecular Hbond substituents is 1. The van der Waals surface area contributed by atoms with Crippen LogP contribution in [0.3, 0.4) is 0 Å². The van der Waals surface area contributed by atoms with Crippen molar-refractivity contribution in [2.24, 2.45) is 0 Å². The van der Waals surface area contributed by atoms with E-state index in [0.29, 0.717) is 29.4 Å². The lowest BCUT2D eigenvalue weighted by molar-refractivity contribution is -0.218. The Hall–Kier alpha value is -6.18. The van der Waals surface area contributed by atoms with E-state index in [1.165, 1.54) is 19.2 Å². The highest BCUT2D eigenvalue weighted by Crippen LogP contribution is 2.40. The Kier molecular flexibility index (Phi) is 11.1. The summed E-state index contributed by atoms with van der Waals surface area (Å²) in [6.07, 6.45) is -8.36. The Morgan fingerprint density at radius 1 is 0.764 bits per heavy atom. The Morgan fingerprint density at radius 3 is 2.07 bits per heavy atom. The van der Waals surface area contributed by atoms with E-state index in [1.54, 1.807) is 48.5 Å². The maximum absolute atomic E-state index is 13.6. The number of rotatable bonds is 12. The van der Waals surface area contributed by atoms with Gasteiger partial charge in [0.15, 0.2) is 23.0 Å². The molecule has 5 N–H and O–H groups in total. The Morgan fingerprint density at radius 2 is 1.40 bits per heavy atom. The van der Waals surface area contributed by atoms with E-state index < -0.39 is 47.6 Å². The van der Waals surface area contributed by atoms with E-state index in [9.17, 15) is 30.0 Å². The minimum Gasteiger partial charge on any atom is -0.504 e. The molecule has 0 saturated carbocycles. The highest BCUT2D eigenvalue weighted by molar-refractivity contribution is 5.96. The second-order valence-electron chi connectivity index (χ2n) is 13.1. The van der Waals surface area contributed by atoms with Crippen molar-refractivity contribution >= 4 is 22.6 Å². The largest absolute Gasteiger partial charge is 0.504 e. The van der Waals surface area contributed by atoms with Crippen molar-refractivity contribution in [3.63, 3.8) is 0 Å². The highest BCUT2D eigenvalue weighted by Gasteiger charge is 2.47. The third-order valence-electron chi connectivity index (χ3n) is 9.39. The van der Waals surface area contributed by atoms with Gasteiger partial charge in [-0.2, -0.15) is 0 Å². The first kappa shape index (κ1) is 37.1. The zero-order valence-corrected chi connectivity index (χ0v) is 29.7. The van der Waals surface area contributed by atoms with Gasteiger partial charge in [0, 0.05) is 23.6 Å². The van der Waals surface area contributed by atoms with E-state index in [4.69, 9.17) is 23.4 Å². The molecule has 0 radical (unpaired) electrons. The van der Waals surface area contributed by atoms with Gasteiger partial charge in [-0.05, 0) is 53.6 Å². The minimum absolute atomic E-state index is 0.00831. The molecule has 12 heteroatoms. The molecule has 5 atom stereocenters. The molecule has 12 nitrogen and oxygen atoms in total. The number of carbonyl (C=O) groups is 1. The normalized spacial score (nSPS) is 19.5. The summed E-state index contributed by atoms with van der Waals surface area (Å²) in [5.74, 6) is -0.173. The van der Waals surface area contributed by atoms with Crippen LogP contribution in [0.5, 0.6) is 23.0 Å². The number of nitrogens with one attached hydrogen (secondary N) is 1. The molecule has 0 spiro atoms. The summed E-state index contributed by atoms with van der Waals surface area (Å²) < 4.78 is 29.5. The summed E-state index contributed by atoms with van der Waals surface area (Å²) in [6.45, 7) is 0.388. The maximum atomic E-state index is 13.6. The number of aliphatic hydroxyl groups is 3. The summed E-state index contributed by atoms with van der Waals surface area (Å²) in [5, 5.41) is 47.0. The van der Waals surface area contributed by atoms with Crippen molar-refractivity contribution in [1.29, 1.82) is 0 Å². The van der Waals surface area contributed by atoms with Crippen molar-refractivity contribution in [2.45, 2.75) is 50.2 Å². The van der Waals surface area contributed by atoms with Gasteiger partial charge in [0.05, 0.1) is 18.9 Å². The number of methoxy groups -OCH3 is 1. The molecule has 5 aromatic carbocycles. The van der Waals surface area contributed by atoms with Crippen LogP contribution < -0.4 is 25.0 Å². The number of hydrogen-bond donors (Lipinski definition) is 5. The topological polar surface area (TPSA) is 177 Å². The van der Waals surface area contributed by atoms with Crippen molar-refractivity contribution in [3.05, 3.63) is 148 Å². The molecule has 7 rings (SSSR count). The fraction of sp³-hybridized carbons (Fsp3) is 0.209. The number of ether oxygens (including phenoxy) is 4. The fourth-order valence-corrected chi connectivity index (χ4v) is 6.48. The first-order valence-corrected chi connectivity index (χ1v) is 17.6. The molecule has 1 amide bonds. The SMILES string of the molecule is COc1ccccc1NC(=O)C1OC(Cc2cc3oc(-c4ccc(OCc5ccccc5)cc4)cc(=O)c3c(O)c2OCc2ccccc2)C(O)C(O)C1O. The van der Waals surface area contributed by atoms with Gasteiger partial charge in [-0.1, -0.05) is 72.8 Å². The summed E-state index contributed by atoms with van der Waals surface area (Å²) in [5.41, 5.74) is 2.38. The Bertz CT molecular complexity index is 2310. The summed E-state index contributed by atoms with van der Waals surface area (Å²) in [4.78, 5) is 27.0. The standard InChI is InChI=1S/C43H39NO11/c1-51-32-15-9-8-14-30(32)44-43(50)42-40(49)39(48)37(46)35(55-42)21-28-20-34-36(38(47)41(28)53-24-26-12-6-3-7-13-26)31(45)22-33(54-34)27-16-18-29(19-17-27)52-23-25-10-4-2-5-11-25/h2-20,22,35,37,39-40,42,46-49H,21,23-24H2,1H3,(H,44,50). The average molecular weight is 746 g/mol. The fourth-order valence-electron chi connectivity index (χ4n) is 6.48. The molecule has 1 fully saturated rings. The lowest BCUT2D eigenvalue weighted by Crippen LogP contribution is -2.61. The predicted molar refractivity (Wildman–Crippen MR) is 203 cm³/mol. The number of benzene rings is 5. The predicted octanol–water partition coefficient (Wildman–Crippen LogP) is 5.36. The molecule has 1 aliphatic heterocycles. The third kappa shape index (κ3) is 8.17. The average Bonchev–Trinajstić information content (AvgIpc) is 3.21. The van der Waals surface area contributed by atoms with Crippen LogP contribution in [0.4, 0.5) is 5.69 Å². The minimum atomic E-state index is -1.78. The number of anilines is 1. The second-order valence-corrected chi connectivity index (χ2v) is 13.1. The summed E-state index contributed by atoms with van der Waals surface area (Å²) >= 11 is 0. The zero-order valence-electron chi connectivity index (χ0n) is 29.7. The van der Waals surface area contributed by atoms with Crippen LogP contribution in [0, 0.1) is 0 Å². The van der Waals surface area contributed by atoms with Crippen LogP contribution in [0.1, 0.15) is 16.7 Å². The molecule has 55 heavy (non-hydrogen) atoms.